The molecule has 2 saturated heterocycles. The molecule has 27 heavy (non-hydrogen) atoms. The number of aromatic nitrogens is 1. The van der Waals surface area contributed by atoms with Gasteiger partial charge in [0.2, 0.25) is 5.91 Å². The molecule has 8 heteroatoms. The SMILES string of the molecule is CCN1C[C@@H](CNC(=O)N2CCN(c3nc4ccccc4o3)CC2)CC1=O. The average Bonchev–Trinajstić information content (AvgIpc) is 3.29. The van der Waals surface area contributed by atoms with Gasteiger partial charge in [0.25, 0.3) is 6.01 Å². The number of nitrogens with one attached hydrogen (secondary N) is 1. The summed E-state index contributed by atoms with van der Waals surface area (Å²) in [7, 11) is 0. The van der Waals surface area contributed by atoms with Crippen LogP contribution in [0.25, 0.3) is 11.1 Å². The maximum Gasteiger partial charge on any atom is 0.317 e. The maximum atomic E-state index is 12.4. The number of fused-ring (bicyclic) bond motifs is 1. The standard InChI is InChI=1S/C19H25N5O3/c1-2-22-13-14(11-17(22)25)12-20-18(26)23-7-9-24(10-8-23)19-21-15-5-3-4-6-16(15)27-19/h3-6,14H,2,7-13H2,1H3,(H,20,26)/t14-/m1/s1. The molecule has 3 heterocycles. The van der Waals surface area contributed by atoms with Gasteiger partial charge in [-0.1, -0.05) is 12.1 Å². The summed E-state index contributed by atoms with van der Waals surface area (Å²) < 4.78 is 5.81. The van der Waals surface area contributed by atoms with Gasteiger partial charge in [0.05, 0.1) is 0 Å². The van der Waals surface area contributed by atoms with Gasteiger partial charge in [-0.05, 0) is 19.1 Å². The Morgan fingerprint density at radius 1 is 1.26 bits per heavy atom. The molecule has 2 fully saturated rings. The van der Waals surface area contributed by atoms with Crippen molar-refractivity contribution in [2.45, 2.75) is 13.3 Å². The van der Waals surface area contributed by atoms with Gasteiger partial charge >= 0.3 is 6.03 Å². The summed E-state index contributed by atoms with van der Waals surface area (Å²) in [5.74, 6) is 0.395. The van der Waals surface area contributed by atoms with Gasteiger partial charge in [-0.2, -0.15) is 4.98 Å². The van der Waals surface area contributed by atoms with Crippen molar-refractivity contribution >= 4 is 29.1 Å². The van der Waals surface area contributed by atoms with E-state index in [1.165, 1.54) is 0 Å². The van der Waals surface area contributed by atoms with E-state index in [1.54, 1.807) is 0 Å². The van der Waals surface area contributed by atoms with Gasteiger partial charge in [-0.3, -0.25) is 4.79 Å². The summed E-state index contributed by atoms with van der Waals surface area (Å²) in [6, 6.07) is 8.25. The molecular formula is C19H25N5O3. The first-order valence-corrected chi connectivity index (χ1v) is 9.55. The Kier molecular flexibility index (Phi) is 4.87. The Morgan fingerprint density at radius 3 is 2.74 bits per heavy atom. The van der Waals surface area contributed by atoms with Gasteiger partial charge < -0.3 is 24.4 Å². The van der Waals surface area contributed by atoms with Crippen LogP contribution in [0.4, 0.5) is 10.8 Å². The smallest absolute Gasteiger partial charge is 0.317 e. The first-order chi connectivity index (χ1) is 13.1. The van der Waals surface area contributed by atoms with Crippen LogP contribution in [0, 0.1) is 5.92 Å². The van der Waals surface area contributed by atoms with Crippen LogP contribution >= 0.6 is 0 Å². The quantitative estimate of drug-likeness (QED) is 0.881. The van der Waals surface area contributed by atoms with Crippen molar-refractivity contribution in [3.8, 4) is 0 Å². The van der Waals surface area contributed by atoms with Crippen molar-refractivity contribution in [3.05, 3.63) is 24.3 Å². The molecule has 1 N–H and O–H groups in total. The third-order valence-electron chi connectivity index (χ3n) is 5.34. The van der Waals surface area contributed by atoms with Crippen LogP contribution in [-0.4, -0.2) is 72.5 Å². The number of carbonyl (C=O) groups is 2. The van der Waals surface area contributed by atoms with E-state index in [2.05, 4.69) is 15.2 Å². The zero-order chi connectivity index (χ0) is 18.8. The van der Waals surface area contributed by atoms with Crippen molar-refractivity contribution < 1.29 is 14.0 Å². The van der Waals surface area contributed by atoms with Gasteiger partial charge in [0.1, 0.15) is 5.52 Å². The molecule has 8 nitrogen and oxygen atoms in total. The molecule has 2 aliphatic heterocycles. The fourth-order valence-corrected chi connectivity index (χ4v) is 3.74. The van der Waals surface area contributed by atoms with E-state index in [0.717, 1.165) is 24.2 Å². The maximum absolute atomic E-state index is 12.4. The van der Waals surface area contributed by atoms with Crippen LogP contribution < -0.4 is 10.2 Å². The van der Waals surface area contributed by atoms with Gasteiger partial charge in [0.15, 0.2) is 5.58 Å². The minimum Gasteiger partial charge on any atom is -0.423 e. The molecule has 0 spiro atoms. The fraction of sp³-hybridized carbons (Fsp3) is 0.526. The molecule has 144 valence electrons. The normalized spacial score (nSPS) is 20.6. The van der Waals surface area contributed by atoms with Crippen LogP contribution in [0.1, 0.15) is 13.3 Å². The lowest BCUT2D eigenvalue weighted by Gasteiger charge is -2.34. The van der Waals surface area contributed by atoms with Crippen molar-refractivity contribution in [1.82, 2.24) is 20.1 Å². The topological polar surface area (TPSA) is 81.9 Å². The van der Waals surface area contributed by atoms with Crippen molar-refractivity contribution in [3.63, 3.8) is 0 Å². The fourth-order valence-electron chi connectivity index (χ4n) is 3.74. The third-order valence-corrected chi connectivity index (χ3v) is 5.34. The summed E-state index contributed by atoms with van der Waals surface area (Å²) in [6.45, 7) is 6.62. The van der Waals surface area contributed by atoms with Crippen molar-refractivity contribution in [2.24, 2.45) is 5.92 Å². The highest BCUT2D eigenvalue weighted by molar-refractivity contribution is 5.79. The lowest BCUT2D eigenvalue weighted by Crippen LogP contribution is -2.52. The molecule has 0 radical (unpaired) electrons. The zero-order valence-corrected chi connectivity index (χ0v) is 15.6. The molecule has 4 rings (SSSR count). The molecule has 1 aromatic carbocycles. The lowest BCUT2D eigenvalue weighted by atomic mass is 10.1. The Hall–Kier alpha value is -2.77. The second kappa shape index (κ2) is 7.46. The number of para-hydroxylation sites is 2. The molecule has 0 unspecified atom stereocenters. The highest BCUT2D eigenvalue weighted by Crippen LogP contribution is 2.22. The number of oxazole rings is 1. The summed E-state index contributed by atoms with van der Waals surface area (Å²) in [5, 5.41) is 2.99. The number of carbonyl (C=O) groups excluding carboxylic acids is 2. The highest BCUT2D eigenvalue weighted by Gasteiger charge is 2.29. The largest absolute Gasteiger partial charge is 0.423 e. The van der Waals surface area contributed by atoms with Crippen molar-refractivity contribution in [1.29, 1.82) is 0 Å². The lowest BCUT2D eigenvalue weighted by molar-refractivity contribution is -0.127. The minimum absolute atomic E-state index is 0.0605. The second-order valence-corrected chi connectivity index (χ2v) is 7.13. The summed E-state index contributed by atoms with van der Waals surface area (Å²) >= 11 is 0. The number of urea groups is 1. The van der Waals surface area contributed by atoms with E-state index >= 15 is 0 Å². The number of likely N-dealkylation sites (tertiary alicyclic amines) is 1. The van der Waals surface area contributed by atoms with E-state index in [1.807, 2.05) is 41.0 Å². The second-order valence-electron chi connectivity index (χ2n) is 7.13. The summed E-state index contributed by atoms with van der Waals surface area (Å²) in [4.78, 5) is 34.5. The van der Waals surface area contributed by atoms with Crippen LogP contribution in [0.3, 0.4) is 0 Å². The molecule has 1 atom stereocenters. The Labute approximate surface area is 158 Å². The molecule has 2 aliphatic rings. The number of nitrogens with zero attached hydrogens (tertiary/aromatic N) is 4. The molecule has 0 aliphatic carbocycles. The van der Waals surface area contributed by atoms with E-state index in [9.17, 15) is 9.59 Å². The molecule has 1 aromatic heterocycles. The zero-order valence-electron chi connectivity index (χ0n) is 15.6. The molecular weight excluding hydrogens is 346 g/mol. The average molecular weight is 371 g/mol. The highest BCUT2D eigenvalue weighted by atomic mass is 16.4. The number of anilines is 1. The number of rotatable bonds is 4. The predicted molar refractivity (Wildman–Crippen MR) is 102 cm³/mol. The number of amides is 3. The van der Waals surface area contributed by atoms with Gasteiger partial charge in [-0.15, -0.1) is 0 Å². The van der Waals surface area contributed by atoms with Crippen molar-refractivity contribution in [2.75, 3.05) is 50.7 Å². The summed E-state index contributed by atoms with van der Waals surface area (Å²) in [5.41, 5.74) is 1.62. The van der Waals surface area contributed by atoms with Gasteiger partial charge in [0, 0.05) is 58.2 Å². The van der Waals surface area contributed by atoms with E-state index < -0.39 is 0 Å². The number of benzene rings is 1. The Bertz CT molecular complexity index is 795. The Morgan fingerprint density at radius 2 is 2.04 bits per heavy atom. The van der Waals surface area contributed by atoms with E-state index in [0.29, 0.717) is 45.2 Å². The van der Waals surface area contributed by atoms with Crippen LogP contribution in [0.5, 0.6) is 0 Å². The van der Waals surface area contributed by atoms with Gasteiger partial charge in [-0.25, -0.2) is 4.79 Å². The van der Waals surface area contributed by atoms with Crippen LogP contribution in [0.2, 0.25) is 0 Å². The predicted octanol–water partition coefficient (Wildman–Crippen LogP) is 1.53. The molecule has 0 saturated carbocycles. The minimum atomic E-state index is -0.0605. The van der Waals surface area contributed by atoms with E-state index in [-0.39, 0.29) is 17.9 Å². The first kappa shape index (κ1) is 17.6. The molecule has 2 aromatic rings. The number of piperazine rings is 1. The third kappa shape index (κ3) is 3.70. The van der Waals surface area contributed by atoms with Crippen LogP contribution in [-0.2, 0) is 4.79 Å². The molecule has 0 bridgehead atoms. The van der Waals surface area contributed by atoms with E-state index in [4.69, 9.17) is 4.42 Å². The first-order valence-electron chi connectivity index (χ1n) is 9.55. The number of hydrogen-bond acceptors (Lipinski definition) is 5. The molecule has 3 amide bonds. The van der Waals surface area contributed by atoms with Crippen LogP contribution in [0.15, 0.2) is 28.7 Å². The summed E-state index contributed by atoms with van der Waals surface area (Å²) in [6.07, 6.45) is 0.527. The Balaban J connectivity index is 1.26. The number of hydrogen-bond donors (Lipinski definition) is 1. The monoisotopic (exact) mass is 371 g/mol.